The van der Waals surface area contributed by atoms with E-state index in [0.717, 1.165) is 38.2 Å². The van der Waals surface area contributed by atoms with Crippen LogP contribution in [0.1, 0.15) is 19.8 Å². The maximum absolute atomic E-state index is 9.90. The number of benzene rings is 1. The normalized spacial score (nSPS) is 26.4. The van der Waals surface area contributed by atoms with Crippen molar-refractivity contribution in [1.82, 2.24) is 4.90 Å². The number of phenols is 1. The molecule has 2 aliphatic rings. The Morgan fingerprint density at radius 1 is 1.26 bits per heavy atom. The number of rotatable bonds is 4. The highest BCUT2D eigenvalue weighted by Gasteiger charge is 2.30. The van der Waals surface area contributed by atoms with Gasteiger partial charge in [0.2, 0.25) is 0 Å². The molecule has 3 unspecified atom stereocenters. The van der Waals surface area contributed by atoms with E-state index >= 15 is 0 Å². The summed E-state index contributed by atoms with van der Waals surface area (Å²) in [5.74, 6) is 0.293. The van der Waals surface area contributed by atoms with Crippen molar-refractivity contribution >= 4 is 5.69 Å². The lowest BCUT2D eigenvalue weighted by Gasteiger charge is -2.45. The molecule has 3 rings (SSSR count). The molecular weight excluding hydrogens is 288 g/mol. The topological polar surface area (TPSA) is 46.9 Å². The molecule has 1 aromatic carbocycles. The molecule has 0 radical (unpaired) electrons. The van der Waals surface area contributed by atoms with Gasteiger partial charge in [0.25, 0.3) is 0 Å². The second-order valence-corrected chi connectivity index (χ2v) is 6.56. The minimum absolute atomic E-state index is 0.254. The third-order valence-electron chi connectivity index (χ3n) is 4.72. The van der Waals surface area contributed by atoms with E-state index in [1.165, 1.54) is 0 Å². The van der Waals surface area contributed by atoms with E-state index in [4.69, 9.17) is 0 Å². The third-order valence-corrected chi connectivity index (χ3v) is 4.72. The molecule has 0 saturated carbocycles. The molecular formula is C19H26N2O2. The van der Waals surface area contributed by atoms with Gasteiger partial charge in [-0.3, -0.25) is 4.90 Å². The van der Waals surface area contributed by atoms with Crippen LogP contribution in [0, 0.1) is 0 Å². The number of anilines is 1. The van der Waals surface area contributed by atoms with E-state index in [9.17, 15) is 10.2 Å². The van der Waals surface area contributed by atoms with Crippen LogP contribution >= 0.6 is 0 Å². The molecule has 4 nitrogen and oxygen atoms in total. The van der Waals surface area contributed by atoms with Gasteiger partial charge >= 0.3 is 0 Å². The predicted molar refractivity (Wildman–Crippen MR) is 93.8 cm³/mol. The van der Waals surface area contributed by atoms with Crippen molar-refractivity contribution in [3.8, 4) is 5.75 Å². The summed E-state index contributed by atoms with van der Waals surface area (Å²) in [7, 11) is 0. The van der Waals surface area contributed by atoms with Gasteiger partial charge in [-0.1, -0.05) is 30.4 Å². The molecule has 1 fully saturated rings. The SMILES string of the molecule is CC(O)CC1CN(C2C=CC=CC2)CCN1c1cccc(O)c1. The number of phenolic OH excluding ortho intramolecular Hbond substituents is 1. The van der Waals surface area contributed by atoms with Gasteiger partial charge in [-0.05, 0) is 31.9 Å². The first-order valence-corrected chi connectivity index (χ1v) is 8.44. The minimum Gasteiger partial charge on any atom is -0.508 e. The Kier molecular flexibility index (Phi) is 5.03. The number of piperazine rings is 1. The van der Waals surface area contributed by atoms with Crippen LogP contribution in [0.25, 0.3) is 0 Å². The molecule has 1 aromatic rings. The fourth-order valence-corrected chi connectivity index (χ4v) is 3.63. The molecule has 0 aromatic heterocycles. The fraction of sp³-hybridized carbons (Fsp3) is 0.474. The highest BCUT2D eigenvalue weighted by molar-refractivity contribution is 5.51. The van der Waals surface area contributed by atoms with E-state index in [1.54, 1.807) is 6.07 Å². The van der Waals surface area contributed by atoms with Crippen molar-refractivity contribution in [2.45, 2.75) is 38.0 Å². The molecule has 0 spiro atoms. The third kappa shape index (κ3) is 3.95. The lowest BCUT2D eigenvalue weighted by atomic mass is 10.00. The summed E-state index contributed by atoms with van der Waals surface area (Å²) in [6, 6.07) is 8.14. The van der Waals surface area contributed by atoms with Crippen molar-refractivity contribution in [1.29, 1.82) is 0 Å². The van der Waals surface area contributed by atoms with Crippen molar-refractivity contribution < 1.29 is 10.2 Å². The largest absolute Gasteiger partial charge is 0.508 e. The molecule has 1 heterocycles. The van der Waals surface area contributed by atoms with Gasteiger partial charge in [-0.25, -0.2) is 0 Å². The van der Waals surface area contributed by atoms with Crippen LogP contribution in [0.5, 0.6) is 5.75 Å². The zero-order valence-electron chi connectivity index (χ0n) is 13.7. The van der Waals surface area contributed by atoms with E-state index in [2.05, 4.69) is 34.1 Å². The van der Waals surface area contributed by atoms with Crippen LogP contribution < -0.4 is 4.90 Å². The molecule has 1 aliphatic carbocycles. The Bertz CT molecular complexity index is 582. The Balaban J connectivity index is 1.76. The van der Waals surface area contributed by atoms with Gasteiger partial charge in [0.15, 0.2) is 0 Å². The Hall–Kier alpha value is -1.78. The van der Waals surface area contributed by atoms with Gasteiger partial charge in [-0.2, -0.15) is 0 Å². The average molecular weight is 314 g/mol. The van der Waals surface area contributed by atoms with Gasteiger partial charge in [-0.15, -0.1) is 0 Å². The second kappa shape index (κ2) is 7.20. The summed E-state index contributed by atoms with van der Waals surface area (Å²) >= 11 is 0. The van der Waals surface area contributed by atoms with Crippen LogP contribution in [0.15, 0.2) is 48.6 Å². The van der Waals surface area contributed by atoms with E-state index in [0.29, 0.717) is 11.8 Å². The summed E-state index contributed by atoms with van der Waals surface area (Å²) in [5.41, 5.74) is 1.04. The highest BCUT2D eigenvalue weighted by atomic mass is 16.3. The number of aliphatic hydroxyl groups excluding tert-OH is 1. The second-order valence-electron chi connectivity index (χ2n) is 6.56. The Morgan fingerprint density at radius 3 is 2.83 bits per heavy atom. The van der Waals surface area contributed by atoms with Crippen LogP contribution in [-0.4, -0.2) is 52.9 Å². The van der Waals surface area contributed by atoms with Gasteiger partial charge in [0, 0.05) is 43.5 Å². The maximum Gasteiger partial charge on any atom is 0.117 e. The molecule has 1 aliphatic heterocycles. The van der Waals surface area contributed by atoms with Gasteiger partial charge in [0.05, 0.1) is 6.10 Å². The van der Waals surface area contributed by atoms with Gasteiger partial charge in [0.1, 0.15) is 5.75 Å². The molecule has 4 heteroatoms. The van der Waals surface area contributed by atoms with E-state index in [1.807, 2.05) is 25.1 Å². The van der Waals surface area contributed by atoms with Crippen LogP contribution in [0.2, 0.25) is 0 Å². The molecule has 0 amide bonds. The first kappa shape index (κ1) is 16.1. The first-order chi connectivity index (χ1) is 11.1. The van der Waals surface area contributed by atoms with Crippen molar-refractivity contribution in [2.75, 3.05) is 24.5 Å². The molecule has 0 bridgehead atoms. The quantitative estimate of drug-likeness (QED) is 0.896. The summed E-state index contributed by atoms with van der Waals surface area (Å²) in [6.45, 7) is 4.69. The number of nitrogens with zero attached hydrogens (tertiary/aromatic N) is 2. The fourth-order valence-electron chi connectivity index (χ4n) is 3.63. The molecule has 23 heavy (non-hydrogen) atoms. The number of aliphatic hydroxyl groups is 1. The number of hydrogen-bond acceptors (Lipinski definition) is 4. The first-order valence-electron chi connectivity index (χ1n) is 8.44. The Labute approximate surface area is 138 Å². The number of aromatic hydroxyl groups is 1. The lowest BCUT2D eigenvalue weighted by Crippen LogP contribution is -2.56. The molecule has 3 atom stereocenters. The zero-order valence-corrected chi connectivity index (χ0v) is 13.7. The van der Waals surface area contributed by atoms with E-state index < -0.39 is 0 Å². The van der Waals surface area contributed by atoms with Gasteiger partial charge < -0.3 is 15.1 Å². The molecule has 2 N–H and O–H groups in total. The zero-order chi connectivity index (χ0) is 16.2. The summed E-state index contributed by atoms with van der Waals surface area (Å²) in [5, 5.41) is 19.7. The summed E-state index contributed by atoms with van der Waals surface area (Å²) in [6.07, 6.45) is 10.2. The van der Waals surface area contributed by atoms with Crippen molar-refractivity contribution in [3.05, 3.63) is 48.6 Å². The van der Waals surface area contributed by atoms with Crippen LogP contribution in [-0.2, 0) is 0 Å². The maximum atomic E-state index is 9.90. The number of hydrogen-bond donors (Lipinski definition) is 2. The van der Waals surface area contributed by atoms with Crippen molar-refractivity contribution in [3.63, 3.8) is 0 Å². The van der Waals surface area contributed by atoms with Crippen LogP contribution in [0.3, 0.4) is 0 Å². The molecule has 1 saturated heterocycles. The van der Waals surface area contributed by atoms with Crippen molar-refractivity contribution in [2.24, 2.45) is 0 Å². The lowest BCUT2D eigenvalue weighted by molar-refractivity contribution is 0.133. The highest BCUT2D eigenvalue weighted by Crippen LogP contribution is 2.27. The minimum atomic E-state index is -0.332. The standard InChI is InChI=1S/C19H26N2O2/c1-15(22)12-18-14-20(16-6-3-2-4-7-16)10-11-21(18)17-8-5-9-19(23)13-17/h2-6,8-9,13,15-16,18,22-23H,7,10-12,14H2,1H3. The van der Waals surface area contributed by atoms with Crippen LogP contribution in [0.4, 0.5) is 5.69 Å². The predicted octanol–water partition coefficient (Wildman–Crippen LogP) is 2.54. The Morgan fingerprint density at radius 2 is 2.13 bits per heavy atom. The summed E-state index contributed by atoms with van der Waals surface area (Å²) in [4.78, 5) is 4.83. The van der Waals surface area contributed by atoms with E-state index in [-0.39, 0.29) is 12.1 Å². The molecule has 124 valence electrons. The average Bonchev–Trinajstić information content (AvgIpc) is 2.55. The smallest absolute Gasteiger partial charge is 0.117 e. The number of allylic oxidation sites excluding steroid dienone is 2. The monoisotopic (exact) mass is 314 g/mol. The summed E-state index contributed by atoms with van der Waals surface area (Å²) < 4.78 is 0.